The molecule has 35 heavy (non-hydrogen) atoms. The number of hydrogen-bond acceptors (Lipinski definition) is 4. The highest BCUT2D eigenvalue weighted by Crippen LogP contribution is 2.24. The van der Waals surface area contributed by atoms with Crippen molar-refractivity contribution in [3.8, 4) is 11.4 Å². The van der Waals surface area contributed by atoms with E-state index >= 15 is 0 Å². The van der Waals surface area contributed by atoms with Gasteiger partial charge in [-0.1, -0.05) is 47.0 Å². The number of amides is 2. The highest BCUT2D eigenvalue weighted by molar-refractivity contribution is 6.03. The molecule has 0 fully saturated rings. The Morgan fingerprint density at radius 1 is 1.17 bits per heavy atom. The fraction of sp³-hybridized carbons (Fsp3) is 0.370. The number of carbonyl (C=O) groups excluding carboxylic acids is 1. The lowest BCUT2D eigenvalue weighted by Crippen LogP contribution is -2.18. The molecule has 0 saturated carbocycles. The largest absolute Gasteiger partial charge is 0.512 e. The molecule has 1 heterocycles. The van der Waals surface area contributed by atoms with Gasteiger partial charge in [0.15, 0.2) is 0 Å². The summed E-state index contributed by atoms with van der Waals surface area (Å²) in [6, 6.07) is 12.6. The molecular formula is C27H35N5O3. The van der Waals surface area contributed by atoms with Gasteiger partial charge < -0.3 is 20.9 Å². The predicted molar refractivity (Wildman–Crippen MR) is 142 cm³/mol. The second-order valence-electron chi connectivity index (χ2n) is 9.47. The molecule has 0 bridgehead atoms. The van der Waals surface area contributed by atoms with E-state index in [1.807, 2.05) is 55.7 Å². The Hall–Kier alpha value is -3.81. The number of rotatable bonds is 9. The number of aliphatic hydroxyl groups is 1. The van der Waals surface area contributed by atoms with Crippen molar-refractivity contribution in [2.24, 2.45) is 16.1 Å². The van der Waals surface area contributed by atoms with Crippen LogP contribution in [0, 0.1) is 5.41 Å². The number of benzene rings is 2. The van der Waals surface area contributed by atoms with Crippen LogP contribution >= 0.6 is 0 Å². The Labute approximate surface area is 206 Å². The number of allylic oxidation sites excluding steroid dienone is 1. The van der Waals surface area contributed by atoms with E-state index in [1.165, 1.54) is 25.3 Å². The minimum atomic E-state index is -0.622. The Morgan fingerprint density at radius 2 is 1.91 bits per heavy atom. The Bertz CT molecular complexity index is 1200. The van der Waals surface area contributed by atoms with Crippen LogP contribution in [0.3, 0.4) is 0 Å². The van der Waals surface area contributed by atoms with Crippen LogP contribution in [0.2, 0.25) is 0 Å². The number of imidazole rings is 1. The third kappa shape index (κ3) is 7.34. The van der Waals surface area contributed by atoms with Crippen molar-refractivity contribution >= 4 is 28.6 Å². The third-order valence-electron chi connectivity index (χ3n) is 5.47. The smallest absolute Gasteiger partial charge is 0.347 e. The molecule has 8 nitrogen and oxygen atoms in total. The van der Waals surface area contributed by atoms with Crippen molar-refractivity contribution < 1.29 is 14.6 Å². The summed E-state index contributed by atoms with van der Waals surface area (Å²) in [5, 5.41) is 12.7. The summed E-state index contributed by atoms with van der Waals surface area (Å²) in [6.07, 6.45) is 7.73. The highest BCUT2D eigenvalue weighted by atomic mass is 16.5. The Morgan fingerprint density at radius 3 is 2.60 bits per heavy atom. The zero-order chi connectivity index (χ0) is 25.4. The topological polar surface area (TPSA) is 115 Å². The number of urea groups is 1. The third-order valence-corrected chi connectivity index (χ3v) is 5.47. The van der Waals surface area contributed by atoms with Gasteiger partial charge in [0.05, 0.1) is 17.6 Å². The number of aliphatic imine (C=N–C) groups is 1. The monoisotopic (exact) mass is 477 g/mol. The van der Waals surface area contributed by atoms with Gasteiger partial charge in [-0.15, -0.1) is 0 Å². The predicted octanol–water partition coefficient (Wildman–Crippen LogP) is 6.36. The summed E-state index contributed by atoms with van der Waals surface area (Å²) in [5.41, 5.74) is 8.56. The maximum Gasteiger partial charge on any atom is 0.347 e. The van der Waals surface area contributed by atoms with Gasteiger partial charge >= 0.3 is 6.03 Å². The lowest BCUT2D eigenvalue weighted by Gasteiger charge is -2.16. The van der Waals surface area contributed by atoms with Gasteiger partial charge in [-0.3, -0.25) is 4.57 Å². The van der Waals surface area contributed by atoms with Crippen LogP contribution in [-0.2, 0) is 0 Å². The quantitative estimate of drug-likeness (QED) is 0.143. The maximum atomic E-state index is 12.2. The van der Waals surface area contributed by atoms with E-state index in [1.54, 1.807) is 18.5 Å². The van der Waals surface area contributed by atoms with Crippen molar-refractivity contribution in [2.75, 3.05) is 11.9 Å². The zero-order valence-corrected chi connectivity index (χ0v) is 20.9. The Balaban J connectivity index is 1.64. The molecule has 3 rings (SSSR count). The molecule has 1 aromatic heterocycles. The molecule has 0 aliphatic rings. The second-order valence-corrected chi connectivity index (χ2v) is 9.47. The number of aliphatic hydroxyl groups excluding tert-OH is 1. The van der Waals surface area contributed by atoms with Gasteiger partial charge in [0.25, 0.3) is 0 Å². The number of unbranched alkanes of at least 4 members (excludes halogenated alkanes) is 3. The zero-order valence-electron chi connectivity index (χ0n) is 20.9. The van der Waals surface area contributed by atoms with Gasteiger partial charge in [-0.2, -0.15) is 4.99 Å². The number of amidine groups is 1. The van der Waals surface area contributed by atoms with Crippen molar-refractivity contribution in [3.05, 3.63) is 60.6 Å². The number of ether oxygens (including phenoxy) is 1. The van der Waals surface area contributed by atoms with Crippen LogP contribution in [0.5, 0.6) is 5.75 Å². The standard InChI is InChI=1S/C27H35N5O3/c1-5-6-7-8-15-35-21-13-14-23-22(16-21)29-18-32(23)20-11-9-19(10-12-20)30-26(34)31-25(28)17-24(33)27(2,3)4/h9-14,16-18,33H,5-8,15H2,1-4H3,(H3,28,30,31,34)/b24-17-. The summed E-state index contributed by atoms with van der Waals surface area (Å²) in [4.78, 5) is 20.5. The molecule has 0 unspecified atom stereocenters. The first-order valence-corrected chi connectivity index (χ1v) is 11.9. The van der Waals surface area contributed by atoms with E-state index < -0.39 is 11.4 Å². The van der Waals surface area contributed by atoms with Crippen LogP contribution in [-0.4, -0.2) is 33.1 Å². The number of nitrogens with zero attached hydrogens (tertiary/aromatic N) is 3. The number of aromatic nitrogens is 2. The van der Waals surface area contributed by atoms with E-state index in [0.717, 1.165) is 28.9 Å². The summed E-state index contributed by atoms with van der Waals surface area (Å²) in [5.74, 6) is 0.803. The molecule has 0 spiro atoms. The van der Waals surface area contributed by atoms with E-state index in [2.05, 4.69) is 22.2 Å². The van der Waals surface area contributed by atoms with Crippen molar-refractivity contribution in [2.45, 2.75) is 53.4 Å². The number of carbonyl (C=O) groups is 1. The van der Waals surface area contributed by atoms with E-state index in [-0.39, 0.29) is 11.6 Å². The van der Waals surface area contributed by atoms with Crippen LogP contribution in [0.1, 0.15) is 53.4 Å². The molecule has 186 valence electrons. The van der Waals surface area contributed by atoms with E-state index in [0.29, 0.717) is 12.3 Å². The number of anilines is 1. The lowest BCUT2D eigenvalue weighted by molar-refractivity contribution is 0.259. The van der Waals surface area contributed by atoms with Crippen molar-refractivity contribution in [3.63, 3.8) is 0 Å². The van der Waals surface area contributed by atoms with Gasteiger partial charge in [-0.25, -0.2) is 9.78 Å². The average Bonchev–Trinajstić information content (AvgIpc) is 3.22. The molecule has 0 atom stereocenters. The second kappa shape index (κ2) is 11.6. The molecular weight excluding hydrogens is 442 g/mol. The first kappa shape index (κ1) is 25.8. The fourth-order valence-corrected chi connectivity index (χ4v) is 3.37. The molecule has 2 amide bonds. The fourth-order valence-electron chi connectivity index (χ4n) is 3.37. The summed E-state index contributed by atoms with van der Waals surface area (Å²) >= 11 is 0. The number of fused-ring (bicyclic) bond motifs is 1. The molecule has 2 aromatic carbocycles. The Kier molecular flexibility index (Phi) is 8.52. The normalized spacial score (nSPS) is 12.7. The van der Waals surface area contributed by atoms with Crippen LogP contribution in [0.4, 0.5) is 10.5 Å². The molecule has 0 saturated heterocycles. The van der Waals surface area contributed by atoms with Gasteiger partial charge in [0, 0.05) is 28.9 Å². The van der Waals surface area contributed by atoms with Crippen LogP contribution in [0.25, 0.3) is 16.7 Å². The van der Waals surface area contributed by atoms with Crippen molar-refractivity contribution in [1.29, 1.82) is 0 Å². The highest BCUT2D eigenvalue weighted by Gasteiger charge is 2.16. The van der Waals surface area contributed by atoms with Crippen LogP contribution < -0.4 is 15.8 Å². The number of hydrogen-bond donors (Lipinski definition) is 3. The molecule has 0 aliphatic heterocycles. The minimum absolute atomic E-state index is 0.0501. The lowest BCUT2D eigenvalue weighted by atomic mass is 9.93. The molecule has 0 radical (unpaired) electrons. The molecule has 4 N–H and O–H groups in total. The summed E-state index contributed by atoms with van der Waals surface area (Å²) in [7, 11) is 0. The van der Waals surface area contributed by atoms with Gasteiger partial charge in [-0.05, 0) is 42.8 Å². The molecule has 8 heteroatoms. The SMILES string of the molecule is CCCCCCOc1ccc2c(c1)ncn2-c1ccc(NC(=O)/N=C(N)/C=C(\O)C(C)(C)C)cc1. The molecule has 0 aliphatic carbocycles. The van der Waals surface area contributed by atoms with E-state index in [9.17, 15) is 9.90 Å². The van der Waals surface area contributed by atoms with E-state index in [4.69, 9.17) is 10.5 Å². The average molecular weight is 478 g/mol. The summed E-state index contributed by atoms with van der Waals surface area (Å²) < 4.78 is 7.84. The van der Waals surface area contributed by atoms with Gasteiger partial charge in [0.2, 0.25) is 0 Å². The minimum Gasteiger partial charge on any atom is -0.512 e. The number of nitrogens with two attached hydrogens (primary N) is 1. The first-order valence-electron chi connectivity index (χ1n) is 11.9. The molecule has 3 aromatic rings. The first-order chi connectivity index (χ1) is 16.7. The van der Waals surface area contributed by atoms with Crippen molar-refractivity contribution in [1.82, 2.24) is 9.55 Å². The van der Waals surface area contributed by atoms with Crippen LogP contribution in [0.15, 0.2) is 65.6 Å². The summed E-state index contributed by atoms with van der Waals surface area (Å²) in [6.45, 7) is 8.40. The maximum absolute atomic E-state index is 12.2. The number of nitrogens with one attached hydrogen (secondary N) is 1. The van der Waals surface area contributed by atoms with Gasteiger partial charge in [0.1, 0.15) is 23.7 Å².